The van der Waals surface area contributed by atoms with Gasteiger partial charge in [0.05, 0.1) is 12.2 Å². The molecule has 0 aliphatic heterocycles. The zero-order valence-corrected chi connectivity index (χ0v) is 27.7. The number of carbonyl (C=O) groups excluding carboxylic acids is 2. The average molecular weight is 661 g/mol. The normalized spacial score (nSPS) is 25.3. The van der Waals surface area contributed by atoms with E-state index in [1.54, 1.807) is 24.7 Å². The Hall–Kier alpha value is -4.46. The van der Waals surface area contributed by atoms with Gasteiger partial charge >= 0.3 is 0 Å². The van der Waals surface area contributed by atoms with Crippen LogP contribution >= 0.6 is 0 Å². The summed E-state index contributed by atoms with van der Waals surface area (Å²) < 4.78 is 5.87. The molecule has 3 aromatic rings. The molecule has 1 unspecified atom stereocenters. The summed E-state index contributed by atoms with van der Waals surface area (Å²) in [5.41, 5.74) is 24.9. The van der Waals surface area contributed by atoms with Crippen molar-refractivity contribution in [3.8, 4) is 5.75 Å². The van der Waals surface area contributed by atoms with E-state index >= 15 is 0 Å². The lowest BCUT2D eigenvalue weighted by Crippen LogP contribution is -2.57. The molecule has 14 heteroatoms. The number of primary amides is 1. The van der Waals surface area contributed by atoms with Gasteiger partial charge in [-0.1, -0.05) is 5.16 Å². The molecule has 1 aromatic carbocycles. The number of aromatic nitrogens is 4. The van der Waals surface area contributed by atoms with E-state index in [0.717, 1.165) is 46.6 Å². The molecular formula is C34H48N10O4. The maximum absolute atomic E-state index is 14.6. The van der Waals surface area contributed by atoms with E-state index in [4.69, 9.17) is 32.4 Å². The van der Waals surface area contributed by atoms with Crippen molar-refractivity contribution < 1.29 is 19.2 Å². The van der Waals surface area contributed by atoms with Crippen LogP contribution in [0.2, 0.25) is 0 Å². The van der Waals surface area contributed by atoms with Gasteiger partial charge in [0, 0.05) is 24.7 Å². The molecule has 0 spiro atoms. The zero-order chi connectivity index (χ0) is 34.2. The molecular weight excluding hydrogens is 612 g/mol. The van der Waals surface area contributed by atoms with Crippen molar-refractivity contribution in [1.29, 1.82) is 0 Å². The van der Waals surface area contributed by atoms with Crippen molar-refractivity contribution in [1.82, 2.24) is 25.4 Å². The molecule has 48 heavy (non-hydrogen) atoms. The third-order valence-corrected chi connectivity index (χ3v) is 11.0. The van der Waals surface area contributed by atoms with Crippen molar-refractivity contribution >= 4 is 17.8 Å². The van der Waals surface area contributed by atoms with Gasteiger partial charge in [0.1, 0.15) is 11.8 Å². The Kier molecular flexibility index (Phi) is 9.20. The van der Waals surface area contributed by atoms with Crippen molar-refractivity contribution in [2.24, 2.45) is 57.0 Å². The Labute approximate surface area is 279 Å². The topological polar surface area (TPSA) is 250 Å². The summed E-state index contributed by atoms with van der Waals surface area (Å²) in [4.78, 5) is 44.2. The number of nitrogens with one attached hydrogen (secondary N) is 2. The maximum atomic E-state index is 14.6. The van der Waals surface area contributed by atoms with Gasteiger partial charge in [0.2, 0.25) is 17.7 Å². The van der Waals surface area contributed by atoms with Crippen LogP contribution in [0.3, 0.4) is 0 Å². The number of nitrogens with two attached hydrogens (primary N) is 4. The minimum Gasteiger partial charge on any atom is -0.508 e. The maximum Gasteiger partial charge on any atom is 0.249 e. The second kappa shape index (κ2) is 13.2. The lowest BCUT2D eigenvalue weighted by Gasteiger charge is -2.56. The molecule has 0 saturated heterocycles. The van der Waals surface area contributed by atoms with Crippen LogP contribution in [0, 0.1) is 42.9 Å². The molecule has 14 nitrogen and oxygen atoms in total. The van der Waals surface area contributed by atoms with Crippen molar-refractivity contribution in [2.45, 2.75) is 89.6 Å². The minimum absolute atomic E-state index is 0.0219. The molecule has 2 amide bonds. The molecule has 258 valence electrons. The summed E-state index contributed by atoms with van der Waals surface area (Å²) in [6.45, 7) is 3.61. The first-order chi connectivity index (χ1) is 22.9. The van der Waals surface area contributed by atoms with Gasteiger partial charge in [-0.15, -0.1) is 0 Å². The predicted octanol–water partition coefficient (Wildman–Crippen LogP) is 1.98. The van der Waals surface area contributed by atoms with Crippen LogP contribution in [0.15, 0.2) is 34.2 Å². The van der Waals surface area contributed by atoms with E-state index in [1.807, 2.05) is 13.8 Å². The molecule has 7 rings (SSSR count). The Morgan fingerprint density at radius 2 is 1.75 bits per heavy atom. The smallest absolute Gasteiger partial charge is 0.249 e. The second-order valence-corrected chi connectivity index (χ2v) is 14.7. The summed E-state index contributed by atoms with van der Waals surface area (Å²) in [7, 11) is 0. The number of phenols is 1. The number of aromatic hydroxyl groups is 1. The number of aromatic amines is 1. The highest BCUT2D eigenvalue weighted by molar-refractivity contribution is 5.95. The van der Waals surface area contributed by atoms with Gasteiger partial charge in [-0.2, -0.15) is 4.98 Å². The number of aryl methyl sites for hydroxylation is 2. The van der Waals surface area contributed by atoms with Gasteiger partial charge in [0.15, 0.2) is 17.3 Å². The fraction of sp³-hybridized carbons (Fsp3) is 0.588. The highest BCUT2D eigenvalue weighted by Gasteiger charge is 2.52. The molecule has 4 aliphatic rings. The number of benzene rings is 1. The van der Waals surface area contributed by atoms with Crippen LogP contribution in [0.5, 0.6) is 5.75 Å². The summed E-state index contributed by atoms with van der Waals surface area (Å²) >= 11 is 0. The number of hydrogen-bond acceptors (Lipinski definition) is 9. The number of carbonyl (C=O) groups is 2. The van der Waals surface area contributed by atoms with Crippen LogP contribution in [0.4, 0.5) is 0 Å². The minimum atomic E-state index is -1.87. The molecule has 0 radical (unpaired) electrons. The fourth-order valence-corrected chi connectivity index (χ4v) is 9.49. The van der Waals surface area contributed by atoms with Crippen LogP contribution in [0.25, 0.3) is 0 Å². The van der Waals surface area contributed by atoms with Gasteiger partial charge in [-0.05, 0) is 124 Å². The van der Waals surface area contributed by atoms with E-state index < -0.39 is 35.3 Å². The Morgan fingerprint density at radius 3 is 2.29 bits per heavy atom. The number of imidazole rings is 1. The first-order valence-corrected chi connectivity index (χ1v) is 16.9. The van der Waals surface area contributed by atoms with Crippen LogP contribution in [-0.2, 0) is 28.9 Å². The molecule has 4 aliphatic carbocycles. The SMILES string of the molecule is Cc1cc(O)cc(C)c1C[C@H](C(=O)N[C@@H](Cc1cnc[nH]1)c1nc(CC23CC4CC(CC(C4)C2)C3)no1)C(CCN)(N=C(N)N)C(N)=O. The number of nitrogens with zero attached hydrogens (tertiary/aromatic N) is 4. The van der Waals surface area contributed by atoms with Crippen molar-refractivity contribution in [3.63, 3.8) is 0 Å². The number of guanidine groups is 1. The largest absolute Gasteiger partial charge is 0.508 e. The number of H-pyrrole nitrogens is 1. The second-order valence-electron chi connectivity index (χ2n) is 14.7. The summed E-state index contributed by atoms with van der Waals surface area (Å²) in [6.07, 6.45) is 11.8. The monoisotopic (exact) mass is 660 g/mol. The number of rotatable bonds is 14. The number of amides is 2. The Bertz CT molecular complexity index is 1610. The highest BCUT2D eigenvalue weighted by Crippen LogP contribution is 2.60. The molecule has 4 saturated carbocycles. The molecule has 2 aromatic heterocycles. The third-order valence-electron chi connectivity index (χ3n) is 11.0. The number of hydrogen-bond donors (Lipinski definition) is 7. The predicted molar refractivity (Wildman–Crippen MR) is 178 cm³/mol. The van der Waals surface area contributed by atoms with E-state index in [0.29, 0.717) is 5.82 Å². The van der Waals surface area contributed by atoms with E-state index in [2.05, 4.69) is 25.4 Å². The fourth-order valence-electron chi connectivity index (χ4n) is 9.49. The lowest BCUT2D eigenvalue weighted by molar-refractivity contribution is -0.135. The first kappa shape index (κ1) is 33.4. The zero-order valence-electron chi connectivity index (χ0n) is 27.7. The summed E-state index contributed by atoms with van der Waals surface area (Å²) in [5, 5.41) is 17.7. The van der Waals surface area contributed by atoms with Crippen LogP contribution < -0.4 is 28.3 Å². The van der Waals surface area contributed by atoms with Gasteiger partial charge in [-0.25, -0.2) is 9.98 Å². The molecule has 4 fully saturated rings. The van der Waals surface area contributed by atoms with Gasteiger partial charge in [0.25, 0.3) is 0 Å². The van der Waals surface area contributed by atoms with Crippen molar-refractivity contribution in [2.75, 3.05) is 6.54 Å². The van der Waals surface area contributed by atoms with E-state index in [1.165, 1.54) is 38.5 Å². The average Bonchev–Trinajstić information content (AvgIpc) is 3.67. The highest BCUT2D eigenvalue weighted by atomic mass is 16.5. The quantitative estimate of drug-likeness (QED) is 0.0978. The molecule has 11 N–H and O–H groups in total. The third kappa shape index (κ3) is 6.75. The summed E-state index contributed by atoms with van der Waals surface area (Å²) in [6, 6.07) is 2.41. The first-order valence-electron chi connectivity index (χ1n) is 16.9. The summed E-state index contributed by atoms with van der Waals surface area (Å²) in [5.74, 6) is 0.298. The Balaban J connectivity index is 1.33. The van der Waals surface area contributed by atoms with Crippen molar-refractivity contribution in [3.05, 3.63) is 58.8 Å². The standard InChI is InChI=1S/C34H48N10O4/c1-18-5-24(45)6-19(2)25(18)11-26(34(3-4-35,31(36)47)43-32(37)38)29(46)41-27(10-23-16-39-17-40-23)30-42-28(44-48-30)15-33-12-20-7-21(13-33)9-22(8-20)14-33/h5-6,16-17,20-22,26-27,45H,3-4,7-15,35H2,1-2H3,(H2,36,47)(H,39,40)(H,41,46)(H4,37,38,43)/t20?,21?,22?,26-,27+,33?,34?/m1/s1. The van der Waals surface area contributed by atoms with E-state index in [-0.39, 0.29) is 42.9 Å². The molecule has 3 atom stereocenters. The van der Waals surface area contributed by atoms with Crippen LogP contribution in [-0.4, -0.2) is 55.1 Å². The molecule has 2 heterocycles. The van der Waals surface area contributed by atoms with Gasteiger partial charge in [-0.3, -0.25) is 9.59 Å². The van der Waals surface area contributed by atoms with E-state index in [9.17, 15) is 14.7 Å². The number of aliphatic imine (C=N–C) groups is 1. The Morgan fingerprint density at radius 1 is 1.10 bits per heavy atom. The van der Waals surface area contributed by atoms with Gasteiger partial charge < -0.3 is 42.9 Å². The van der Waals surface area contributed by atoms with Crippen LogP contribution in [0.1, 0.15) is 85.1 Å². The lowest BCUT2D eigenvalue weighted by atomic mass is 9.49. The molecule has 4 bridgehead atoms. The number of phenolic OH excluding ortho intramolecular Hbond substituents is 1.